The van der Waals surface area contributed by atoms with Gasteiger partial charge in [0.15, 0.2) is 6.61 Å². The normalized spacial score (nSPS) is 14.5. The summed E-state index contributed by atoms with van der Waals surface area (Å²) in [5, 5.41) is 4.74. The maximum Gasteiger partial charge on any atom is 0.340 e. The average molecular weight is 480 g/mol. The number of fused-ring (bicyclic) bond motifs is 3. The predicted octanol–water partition coefficient (Wildman–Crippen LogP) is 5.33. The van der Waals surface area contributed by atoms with Gasteiger partial charge in [-0.05, 0) is 41.5 Å². The molecule has 36 heavy (non-hydrogen) atoms. The highest BCUT2D eigenvalue weighted by Gasteiger charge is 2.38. The van der Waals surface area contributed by atoms with Crippen molar-refractivity contribution < 1.29 is 23.8 Å². The minimum absolute atomic E-state index is 0.0479. The summed E-state index contributed by atoms with van der Waals surface area (Å²) in [7, 11) is 0. The fraction of sp³-hybridized carbons (Fsp3) is 0.133. The molecule has 5 rings (SSSR count). The second-order valence-electron chi connectivity index (χ2n) is 8.26. The van der Waals surface area contributed by atoms with Crippen molar-refractivity contribution in [3.63, 3.8) is 0 Å². The fourth-order valence-corrected chi connectivity index (χ4v) is 4.42. The minimum atomic E-state index is -0.552. The molecule has 1 aliphatic rings. The van der Waals surface area contributed by atoms with Gasteiger partial charge in [-0.2, -0.15) is 0 Å². The Hall–Kier alpha value is -4.58. The van der Waals surface area contributed by atoms with Gasteiger partial charge in [-0.25, -0.2) is 4.79 Å². The van der Waals surface area contributed by atoms with Crippen LogP contribution in [0.3, 0.4) is 0 Å². The number of amides is 1. The Balaban J connectivity index is 1.59. The molecule has 1 heterocycles. The quantitative estimate of drug-likeness (QED) is 0.363. The number of nitrogens with one attached hydrogen (secondary N) is 1. The summed E-state index contributed by atoms with van der Waals surface area (Å²) in [5.74, 6) is -0.334. The molecule has 1 atom stereocenters. The third-order valence-corrected chi connectivity index (χ3v) is 5.96. The van der Waals surface area contributed by atoms with E-state index in [-0.39, 0.29) is 24.7 Å². The van der Waals surface area contributed by atoms with Gasteiger partial charge in [-0.3, -0.25) is 10.1 Å². The number of carbonyl (C=O) groups is 2. The molecule has 0 saturated heterocycles. The van der Waals surface area contributed by atoms with Crippen LogP contribution < -0.4 is 14.8 Å². The first-order valence-corrected chi connectivity index (χ1v) is 11.8. The number of hydrogen-bond donors (Lipinski definition) is 1. The number of ether oxygens (including phenoxy) is 3. The van der Waals surface area contributed by atoms with Crippen LogP contribution >= 0.6 is 0 Å². The van der Waals surface area contributed by atoms with E-state index >= 15 is 0 Å². The lowest BCUT2D eigenvalue weighted by Gasteiger charge is -2.31. The summed E-state index contributed by atoms with van der Waals surface area (Å²) in [6, 6.07) is 30.5. The Morgan fingerprint density at radius 3 is 2.31 bits per heavy atom. The Kier molecular flexibility index (Phi) is 6.67. The monoisotopic (exact) mass is 479 g/mol. The molecule has 0 fully saturated rings. The van der Waals surface area contributed by atoms with Crippen LogP contribution in [0.5, 0.6) is 11.5 Å². The van der Waals surface area contributed by atoms with Crippen molar-refractivity contribution in [1.29, 1.82) is 0 Å². The van der Waals surface area contributed by atoms with E-state index in [0.29, 0.717) is 11.5 Å². The lowest BCUT2D eigenvalue weighted by molar-refractivity contribution is -0.139. The van der Waals surface area contributed by atoms with Gasteiger partial charge in [0.2, 0.25) is 5.88 Å². The van der Waals surface area contributed by atoms with E-state index < -0.39 is 17.8 Å². The standard InChI is InChI=1S/C30H25NO5/c1-2-34-30(33)28-26(21-12-5-3-6-13-21)27-23-16-10-9-11-20(23)17-18-24(27)36-29(28)31-25(32)19-35-22-14-7-4-8-15-22/h3-18,26H,2,19H2,1H3,(H,31,32). The molecular formula is C30H25NO5. The lowest BCUT2D eigenvalue weighted by atomic mass is 9.80. The molecule has 1 N–H and O–H groups in total. The number of carbonyl (C=O) groups excluding carboxylic acids is 2. The highest BCUT2D eigenvalue weighted by atomic mass is 16.5. The smallest absolute Gasteiger partial charge is 0.340 e. The van der Waals surface area contributed by atoms with Crippen LogP contribution in [-0.4, -0.2) is 25.1 Å². The van der Waals surface area contributed by atoms with Crippen molar-refractivity contribution in [2.75, 3.05) is 13.2 Å². The molecule has 1 aliphatic heterocycles. The number of esters is 1. The lowest BCUT2D eigenvalue weighted by Crippen LogP contribution is -2.36. The maximum absolute atomic E-state index is 13.4. The number of benzene rings is 4. The SMILES string of the molecule is CCOC(=O)C1=C(NC(=O)COc2ccccc2)Oc2ccc3ccccc3c2C1c1ccccc1. The van der Waals surface area contributed by atoms with Crippen molar-refractivity contribution >= 4 is 22.6 Å². The molecule has 0 spiro atoms. The Morgan fingerprint density at radius 2 is 1.56 bits per heavy atom. The molecular weight excluding hydrogens is 454 g/mol. The zero-order valence-corrected chi connectivity index (χ0v) is 19.8. The van der Waals surface area contributed by atoms with E-state index in [0.717, 1.165) is 21.9 Å². The van der Waals surface area contributed by atoms with E-state index in [2.05, 4.69) is 5.32 Å². The number of rotatable bonds is 7. The largest absolute Gasteiger partial charge is 0.484 e. The van der Waals surface area contributed by atoms with Crippen LogP contribution in [0.25, 0.3) is 10.8 Å². The molecule has 6 heteroatoms. The van der Waals surface area contributed by atoms with Gasteiger partial charge < -0.3 is 14.2 Å². The first kappa shape index (κ1) is 23.2. The van der Waals surface area contributed by atoms with Crippen molar-refractivity contribution in [1.82, 2.24) is 5.32 Å². The molecule has 6 nitrogen and oxygen atoms in total. The van der Waals surface area contributed by atoms with Crippen molar-refractivity contribution in [3.05, 3.63) is 120 Å². The fourth-order valence-electron chi connectivity index (χ4n) is 4.42. The molecule has 4 aromatic rings. The first-order valence-electron chi connectivity index (χ1n) is 11.8. The topological polar surface area (TPSA) is 73.9 Å². The Labute approximate surface area is 209 Å². The summed E-state index contributed by atoms with van der Waals surface area (Å²) in [4.78, 5) is 26.2. The maximum atomic E-state index is 13.4. The average Bonchev–Trinajstić information content (AvgIpc) is 2.92. The van der Waals surface area contributed by atoms with Crippen LogP contribution in [0.4, 0.5) is 0 Å². The second-order valence-corrected chi connectivity index (χ2v) is 8.26. The minimum Gasteiger partial charge on any atom is -0.484 e. The first-order chi connectivity index (χ1) is 17.7. The van der Waals surface area contributed by atoms with E-state index in [1.807, 2.05) is 84.9 Å². The zero-order chi connectivity index (χ0) is 24.9. The Bertz CT molecular complexity index is 1430. The third-order valence-electron chi connectivity index (χ3n) is 5.96. The zero-order valence-electron chi connectivity index (χ0n) is 19.8. The predicted molar refractivity (Wildman–Crippen MR) is 137 cm³/mol. The molecule has 0 aliphatic carbocycles. The van der Waals surface area contributed by atoms with Crippen LogP contribution in [-0.2, 0) is 14.3 Å². The summed E-state index contributed by atoms with van der Waals surface area (Å²) < 4.78 is 17.2. The van der Waals surface area contributed by atoms with Crippen molar-refractivity contribution in [2.24, 2.45) is 0 Å². The molecule has 180 valence electrons. The summed E-state index contributed by atoms with van der Waals surface area (Å²) in [6.07, 6.45) is 0. The summed E-state index contributed by atoms with van der Waals surface area (Å²) in [6.45, 7) is 1.69. The number of para-hydroxylation sites is 1. The molecule has 0 saturated carbocycles. The molecule has 0 aromatic heterocycles. The Morgan fingerprint density at radius 1 is 0.861 bits per heavy atom. The summed E-state index contributed by atoms with van der Waals surface area (Å²) >= 11 is 0. The van der Waals surface area contributed by atoms with Gasteiger partial charge in [0, 0.05) is 5.56 Å². The third kappa shape index (κ3) is 4.66. The van der Waals surface area contributed by atoms with Crippen molar-refractivity contribution in [3.8, 4) is 11.5 Å². The summed E-state index contributed by atoms with van der Waals surface area (Å²) in [5.41, 5.74) is 1.97. The van der Waals surface area contributed by atoms with Crippen LogP contribution in [0.1, 0.15) is 24.0 Å². The number of hydrogen-bond acceptors (Lipinski definition) is 5. The molecule has 4 aromatic carbocycles. The van der Waals surface area contributed by atoms with E-state index in [1.54, 1.807) is 19.1 Å². The van der Waals surface area contributed by atoms with Crippen LogP contribution in [0, 0.1) is 0 Å². The van der Waals surface area contributed by atoms with E-state index in [1.165, 1.54) is 0 Å². The van der Waals surface area contributed by atoms with Gasteiger partial charge in [0.1, 0.15) is 17.1 Å². The van der Waals surface area contributed by atoms with E-state index in [4.69, 9.17) is 14.2 Å². The highest BCUT2D eigenvalue weighted by molar-refractivity contribution is 5.97. The molecule has 1 unspecified atom stereocenters. The van der Waals surface area contributed by atoms with Gasteiger partial charge >= 0.3 is 5.97 Å². The van der Waals surface area contributed by atoms with E-state index in [9.17, 15) is 9.59 Å². The van der Waals surface area contributed by atoms with Gasteiger partial charge in [0.25, 0.3) is 5.91 Å². The molecule has 0 bridgehead atoms. The van der Waals surface area contributed by atoms with Gasteiger partial charge in [-0.15, -0.1) is 0 Å². The molecule has 0 radical (unpaired) electrons. The second kappa shape index (κ2) is 10.4. The van der Waals surface area contributed by atoms with Crippen LogP contribution in [0.15, 0.2) is 109 Å². The highest BCUT2D eigenvalue weighted by Crippen LogP contribution is 2.46. The molecule has 1 amide bonds. The van der Waals surface area contributed by atoms with Gasteiger partial charge in [-0.1, -0.05) is 78.9 Å². The van der Waals surface area contributed by atoms with Gasteiger partial charge in [0.05, 0.1) is 12.5 Å². The van der Waals surface area contributed by atoms with Crippen molar-refractivity contribution in [2.45, 2.75) is 12.8 Å². The van der Waals surface area contributed by atoms with Crippen LogP contribution in [0.2, 0.25) is 0 Å².